The third kappa shape index (κ3) is 4.19. The maximum absolute atomic E-state index is 13.4. The van der Waals surface area contributed by atoms with Crippen LogP contribution in [0.2, 0.25) is 5.02 Å². The van der Waals surface area contributed by atoms with Crippen molar-refractivity contribution in [2.75, 3.05) is 11.9 Å². The minimum Gasteiger partial charge on any atom is -0.461 e. The molecule has 2 aromatic heterocycles. The van der Waals surface area contributed by atoms with E-state index in [1.807, 2.05) is 0 Å². The number of hydrogen-bond donors (Lipinski definition) is 1. The van der Waals surface area contributed by atoms with Gasteiger partial charge in [-0.05, 0) is 43.3 Å². The number of amides is 1. The summed E-state index contributed by atoms with van der Waals surface area (Å²) in [7, 11) is 0. The zero-order chi connectivity index (χ0) is 22.8. The first-order chi connectivity index (χ1) is 15.4. The molecule has 0 aliphatic carbocycles. The molecule has 0 aliphatic heterocycles. The number of ether oxygens (including phenoxy) is 1. The summed E-state index contributed by atoms with van der Waals surface area (Å²) in [6.45, 7) is 1.84. The van der Waals surface area contributed by atoms with Crippen LogP contribution in [0.15, 0.2) is 63.2 Å². The molecule has 0 atom stereocenters. The fourth-order valence-corrected chi connectivity index (χ4v) is 4.48. The number of carbonyl (C=O) groups excluding carboxylic acids is 2. The van der Waals surface area contributed by atoms with E-state index in [4.69, 9.17) is 16.3 Å². The summed E-state index contributed by atoms with van der Waals surface area (Å²) in [5, 5.41) is 9.66. The molecule has 32 heavy (non-hydrogen) atoms. The van der Waals surface area contributed by atoms with Crippen LogP contribution < -0.4 is 10.9 Å². The van der Waals surface area contributed by atoms with Crippen LogP contribution in [0.1, 0.15) is 27.8 Å². The van der Waals surface area contributed by atoms with Gasteiger partial charge in [0.2, 0.25) is 0 Å². The van der Waals surface area contributed by atoms with Gasteiger partial charge in [-0.1, -0.05) is 39.7 Å². The average molecular weight is 533 g/mol. The molecule has 0 fully saturated rings. The van der Waals surface area contributed by atoms with E-state index in [1.165, 1.54) is 0 Å². The Morgan fingerprint density at radius 1 is 1.19 bits per heavy atom. The van der Waals surface area contributed by atoms with Gasteiger partial charge in [0.05, 0.1) is 28.3 Å². The van der Waals surface area contributed by atoms with Crippen molar-refractivity contribution in [2.45, 2.75) is 6.92 Å². The van der Waals surface area contributed by atoms with E-state index in [1.54, 1.807) is 60.8 Å². The first-order valence-electron chi connectivity index (χ1n) is 9.44. The lowest BCUT2D eigenvalue weighted by molar-refractivity contribution is 0.0520. The molecule has 0 saturated carbocycles. The second kappa shape index (κ2) is 9.23. The van der Waals surface area contributed by atoms with Gasteiger partial charge in [0, 0.05) is 15.2 Å². The molecular formula is C22H15BrClN3O4S. The Labute approximate surface area is 199 Å². The minimum absolute atomic E-state index is 0.0149. The van der Waals surface area contributed by atoms with Gasteiger partial charge < -0.3 is 10.1 Å². The molecule has 162 valence electrons. The zero-order valence-corrected chi connectivity index (χ0v) is 19.8. The number of carbonyl (C=O) groups is 2. The first-order valence-corrected chi connectivity index (χ1v) is 11.5. The number of halogens is 2. The second-order valence-electron chi connectivity index (χ2n) is 6.55. The van der Waals surface area contributed by atoms with E-state index in [0.29, 0.717) is 11.1 Å². The van der Waals surface area contributed by atoms with Gasteiger partial charge in [-0.25, -0.2) is 4.79 Å². The van der Waals surface area contributed by atoms with Crippen LogP contribution in [0, 0.1) is 0 Å². The smallest absolute Gasteiger partial charge is 0.359 e. The number of fused-ring (bicyclic) bond motifs is 1. The molecule has 2 heterocycles. The van der Waals surface area contributed by atoms with Crippen molar-refractivity contribution in [1.29, 1.82) is 0 Å². The SMILES string of the molecule is CCOC(=O)c1nn(-c2ccc(Br)cc2)c(=O)c2c(NC(=O)c3ccccc3Cl)scc12. The molecule has 0 aliphatic rings. The van der Waals surface area contributed by atoms with Crippen LogP contribution in [0.25, 0.3) is 16.5 Å². The van der Waals surface area contributed by atoms with Gasteiger partial charge >= 0.3 is 5.97 Å². The maximum Gasteiger partial charge on any atom is 0.359 e. The monoisotopic (exact) mass is 531 g/mol. The largest absolute Gasteiger partial charge is 0.461 e. The van der Waals surface area contributed by atoms with Crippen molar-refractivity contribution < 1.29 is 14.3 Å². The molecular weight excluding hydrogens is 518 g/mol. The predicted octanol–water partition coefficient (Wildman–Crippen LogP) is 5.29. The Kier molecular flexibility index (Phi) is 6.40. The summed E-state index contributed by atoms with van der Waals surface area (Å²) in [6, 6.07) is 13.5. The average Bonchev–Trinajstić information content (AvgIpc) is 3.19. The highest BCUT2D eigenvalue weighted by Gasteiger charge is 2.23. The standard InChI is InChI=1S/C22H15BrClN3O4S/c1-2-31-22(30)18-15-11-32-20(25-19(28)14-5-3-4-6-16(14)24)17(15)21(29)27(26-18)13-9-7-12(23)8-10-13/h3-11H,2H2,1H3,(H,25,28). The number of anilines is 1. The van der Waals surface area contributed by atoms with Crippen LogP contribution in [0.4, 0.5) is 5.00 Å². The van der Waals surface area contributed by atoms with Crippen molar-refractivity contribution in [3.05, 3.63) is 85.0 Å². The summed E-state index contributed by atoms with van der Waals surface area (Å²) in [6.07, 6.45) is 0. The molecule has 0 spiro atoms. The van der Waals surface area contributed by atoms with Gasteiger partial charge in [0.1, 0.15) is 5.00 Å². The lowest BCUT2D eigenvalue weighted by Crippen LogP contribution is -2.25. The summed E-state index contributed by atoms with van der Waals surface area (Å²) >= 11 is 10.6. The van der Waals surface area contributed by atoms with Crippen LogP contribution in [0.3, 0.4) is 0 Å². The van der Waals surface area contributed by atoms with Crippen molar-refractivity contribution in [3.8, 4) is 5.69 Å². The van der Waals surface area contributed by atoms with E-state index in [2.05, 4.69) is 26.3 Å². The highest BCUT2D eigenvalue weighted by Crippen LogP contribution is 2.31. The van der Waals surface area contributed by atoms with Gasteiger partial charge in [-0.2, -0.15) is 9.78 Å². The Bertz CT molecular complexity index is 1400. The Morgan fingerprint density at radius 2 is 1.91 bits per heavy atom. The molecule has 1 amide bonds. The topological polar surface area (TPSA) is 90.3 Å². The molecule has 0 radical (unpaired) electrons. The number of aromatic nitrogens is 2. The number of benzene rings is 2. The third-order valence-corrected chi connectivity index (χ3v) is 6.29. The number of nitrogens with one attached hydrogen (secondary N) is 1. The fraction of sp³-hybridized carbons (Fsp3) is 0.0909. The summed E-state index contributed by atoms with van der Waals surface area (Å²) in [4.78, 5) is 38.8. The molecule has 4 aromatic rings. The van der Waals surface area contributed by atoms with Crippen molar-refractivity contribution in [3.63, 3.8) is 0 Å². The van der Waals surface area contributed by atoms with E-state index in [9.17, 15) is 14.4 Å². The third-order valence-electron chi connectivity index (χ3n) is 4.54. The first kappa shape index (κ1) is 22.2. The minimum atomic E-state index is -0.662. The van der Waals surface area contributed by atoms with E-state index in [-0.39, 0.29) is 33.3 Å². The molecule has 0 saturated heterocycles. The summed E-state index contributed by atoms with van der Waals surface area (Å²) < 4.78 is 7.08. The number of esters is 1. The number of thiophene rings is 1. The lowest BCUT2D eigenvalue weighted by atomic mass is 10.2. The number of nitrogens with zero attached hydrogens (tertiary/aromatic N) is 2. The molecule has 10 heteroatoms. The van der Waals surface area contributed by atoms with Gasteiger partial charge in [-0.3, -0.25) is 9.59 Å². The zero-order valence-electron chi connectivity index (χ0n) is 16.6. The van der Waals surface area contributed by atoms with Crippen molar-refractivity contribution in [2.24, 2.45) is 0 Å². The maximum atomic E-state index is 13.4. The van der Waals surface area contributed by atoms with E-state index < -0.39 is 17.4 Å². The van der Waals surface area contributed by atoms with E-state index >= 15 is 0 Å². The number of rotatable bonds is 5. The lowest BCUT2D eigenvalue weighted by Gasteiger charge is -2.10. The predicted molar refractivity (Wildman–Crippen MR) is 128 cm³/mol. The molecule has 2 aromatic carbocycles. The fourth-order valence-electron chi connectivity index (χ4n) is 3.07. The Balaban J connectivity index is 1.89. The molecule has 0 unspecified atom stereocenters. The van der Waals surface area contributed by atoms with Gasteiger partial charge in [0.15, 0.2) is 5.69 Å². The van der Waals surface area contributed by atoms with Crippen LogP contribution >= 0.6 is 38.9 Å². The highest BCUT2D eigenvalue weighted by atomic mass is 79.9. The molecule has 0 bridgehead atoms. The Morgan fingerprint density at radius 3 is 2.59 bits per heavy atom. The summed E-state index contributed by atoms with van der Waals surface area (Å²) in [5.41, 5.74) is 0.230. The van der Waals surface area contributed by atoms with Crippen LogP contribution in [0.5, 0.6) is 0 Å². The van der Waals surface area contributed by atoms with Crippen LogP contribution in [-0.4, -0.2) is 28.3 Å². The quantitative estimate of drug-likeness (QED) is 0.353. The van der Waals surface area contributed by atoms with E-state index in [0.717, 1.165) is 20.5 Å². The Hall–Kier alpha value is -3.01. The van der Waals surface area contributed by atoms with Gasteiger partial charge in [-0.15, -0.1) is 11.3 Å². The van der Waals surface area contributed by atoms with Crippen molar-refractivity contribution >= 4 is 66.5 Å². The highest BCUT2D eigenvalue weighted by molar-refractivity contribution is 9.10. The second-order valence-corrected chi connectivity index (χ2v) is 8.75. The van der Waals surface area contributed by atoms with Crippen LogP contribution in [-0.2, 0) is 4.74 Å². The van der Waals surface area contributed by atoms with Crippen molar-refractivity contribution in [1.82, 2.24) is 9.78 Å². The normalized spacial score (nSPS) is 10.8. The summed E-state index contributed by atoms with van der Waals surface area (Å²) in [5.74, 6) is -1.13. The number of hydrogen-bond acceptors (Lipinski definition) is 6. The molecule has 4 rings (SSSR count). The molecule has 1 N–H and O–H groups in total. The van der Waals surface area contributed by atoms with Gasteiger partial charge in [0.25, 0.3) is 11.5 Å². The molecule has 7 nitrogen and oxygen atoms in total.